The maximum atomic E-state index is 8.66. The predicted molar refractivity (Wildman–Crippen MR) is 204 cm³/mol. The zero-order valence-corrected chi connectivity index (χ0v) is 34.4. The number of benzene rings is 4. The van der Waals surface area contributed by atoms with Crippen molar-refractivity contribution in [3.63, 3.8) is 0 Å². The van der Waals surface area contributed by atoms with Gasteiger partial charge in [0.2, 0.25) is 0 Å². The van der Waals surface area contributed by atoms with Crippen molar-refractivity contribution in [3.05, 3.63) is 129 Å². The Morgan fingerprint density at radius 3 is 1.93 bits per heavy atom. The molecule has 0 N–H and O–H groups in total. The maximum absolute atomic E-state index is 8.66. The Morgan fingerprint density at radius 2 is 1.33 bits per heavy atom. The summed E-state index contributed by atoms with van der Waals surface area (Å²) in [5.41, 5.74) is 17.4. The van der Waals surface area contributed by atoms with E-state index < -0.39 is 21.5 Å². The van der Waals surface area contributed by atoms with Crippen LogP contribution in [0.5, 0.6) is 0 Å². The van der Waals surface area contributed by atoms with Crippen molar-refractivity contribution in [2.75, 3.05) is 0 Å². The topological polar surface area (TPSA) is 0 Å². The molecular weight excluding hydrogens is 695 g/mol. The monoisotopic (exact) mass is 741 g/mol. The van der Waals surface area contributed by atoms with Gasteiger partial charge in [0.15, 0.2) is 0 Å². The van der Waals surface area contributed by atoms with E-state index in [0.29, 0.717) is 5.92 Å². The van der Waals surface area contributed by atoms with Crippen LogP contribution in [0.15, 0.2) is 90.0 Å². The number of hydrogen-bond acceptors (Lipinski definition) is 0. The zero-order chi connectivity index (χ0) is 33.4. The molecule has 0 saturated carbocycles. The summed E-state index contributed by atoms with van der Waals surface area (Å²) in [6, 6.07) is 29.4. The van der Waals surface area contributed by atoms with Crippen LogP contribution < -0.4 is 0 Å². The van der Waals surface area contributed by atoms with Crippen molar-refractivity contribution < 1.29 is 15.6 Å². The third-order valence-electron chi connectivity index (χ3n) is 11.1. The van der Waals surface area contributed by atoms with Crippen LogP contribution in [-0.2, 0) is 21.0 Å². The number of hydrogen-bond donors (Lipinski definition) is 0. The van der Waals surface area contributed by atoms with Crippen LogP contribution in [0.1, 0.15) is 87.7 Å². The predicted octanol–water partition coefficient (Wildman–Crippen LogP) is 13.2. The van der Waals surface area contributed by atoms with E-state index in [1.54, 1.807) is 0 Å². The molecule has 0 bridgehead atoms. The third-order valence-corrected chi connectivity index (χ3v) is 63.0. The van der Waals surface area contributed by atoms with Gasteiger partial charge in [0.1, 0.15) is 0 Å². The SMILES string of the molecule is CC1=Cc2c(-c3ccccc3C)ccc(C)c2[CH]1[Zr]([Cl])([Cl])([CH]1C(C(C)C)=Cc2c(-c3ccc(C(C)(C)C)cc3)cccc21)[SiH](C)C. The first-order valence-electron chi connectivity index (χ1n) is 17.0. The number of halogens is 2. The van der Waals surface area contributed by atoms with E-state index in [1.807, 2.05) is 0 Å². The van der Waals surface area contributed by atoms with Crippen molar-refractivity contribution in [2.24, 2.45) is 5.92 Å². The number of aryl methyl sites for hydroxylation is 2. The second-order valence-electron chi connectivity index (χ2n) is 15.6. The molecule has 2 aliphatic carbocycles. The van der Waals surface area contributed by atoms with Crippen molar-refractivity contribution in [2.45, 2.75) is 81.2 Å². The molecule has 0 saturated heterocycles. The van der Waals surface area contributed by atoms with E-state index >= 15 is 0 Å². The van der Waals surface area contributed by atoms with E-state index in [4.69, 9.17) is 17.0 Å². The summed E-state index contributed by atoms with van der Waals surface area (Å²) < 4.78 is 0.171. The van der Waals surface area contributed by atoms with Crippen molar-refractivity contribution in [3.8, 4) is 22.3 Å². The van der Waals surface area contributed by atoms with Crippen molar-refractivity contribution in [1.82, 2.24) is 0 Å². The number of rotatable bonds is 6. The van der Waals surface area contributed by atoms with Gasteiger partial charge in [0.25, 0.3) is 0 Å². The molecule has 4 heteroatoms. The van der Waals surface area contributed by atoms with Gasteiger partial charge in [-0.25, -0.2) is 0 Å². The molecule has 4 aromatic rings. The van der Waals surface area contributed by atoms with E-state index in [9.17, 15) is 0 Å². The summed E-state index contributed by atoms with van der Waals surface area (Å²) in [5.74, 6) is -1.29. The van der Waals surface area contributed by atoms with Gasteiger partial charge in [-0.3, -0.25) is 0 Å². The summed E-state index contributed by atoms with van der Waals surface area (Å²) in [6.07, 6.45) is 4.92. The van der Waals surface area contributed by atoms with Crippen molar-refractivity contribution >= 4 is 35.1 Å². The van der Waals surface area contributed by atoms with Gasteiger partial charge in [0, 0.05) is 0 Å². The Hall–Kier alpha value is -1.96. The Labute approximate surface area is 286 Å². The fourth-order valence-electron chi connectivity index (χ4n) is 8.42. The van der Waals surface area contributed by atoms with E-state index in [1.165, 1.54) is 72.3 Å². The van der Waals surface area contributed by atoms with Crippen LogP contribution in [0, 0.1) is 19.8 Å². The summed E-state index contributed by atoms with van der Waals surface area (Å²) in [4.78, 5) is 0. The van der Waals surface area contributed by atoms with Crippen LogP contribution in [0.25, 0.3) is 34.4 Å². The second-order valence-corrected chi connectivity index (χ2v) is 58.1. The van der Waals surface area contributed by atoms with Gasteiger partial charge < -0.3 is 0 Å². The minimum atomic E-state index is -4.83. The summed E-state index contributed by atoms with van der Waals surface area (Å²) in [6.45, 7) is 23.2. The molecule has 239 valence electrons. The first-order valence-corrected chi connectivity index (χ1v) is 33.3. The third kappa shape index (κ3) is 5.26. The molecule has 0 nitrogen and oxygen atoms in total. The van der Waals surface area contributed by atoms with Gasteiger partial charge in [-0.05, 0) is 0 Å². The first-order chi connectivity index (χ1) is 21.5. The van der Waals surface area contributed by atoms with Crippen LogP contribution in [0.2, 0.25) is 13.1 Å². The van der Waals surface area contributed by atoms with Crippen LogP contribution in [0.3, 0.4) is 0 Å². The molecular formula is C42H49Cl2SiZr. The Morgan fingerprint density at radius 1 is 0.674 bits per heavy atom. The molecule has 0 radical (unpaired) electrons. The molecule has 46 heavy (non-hydrogen) atoms. The Bertz CT molecular complexity index is 1900. The molecule has 2 aliphatic rings. The fourth-order valence-corrected chi connectivity index (χ4v) is 40.7. The first kappa shape index (κ1) is 33.9. The van der Waals surface area contributed by atoms with Crippen LogP contribution in [-0.4, -0.2) is 5.92 Å². The standard InChI is InChI=1S/C22H25.C18H17.C2H7Si.2ClH.Zr/c1-15(2)18-13-17-7-6-8-20(21(17)14-18)16-9-11-19(12-10-16)22(3,4)5;1-12-10-17-14(3)8-9-16(18(17)11-12)15-7-5-4-6-13(15)2;1-3-2;;;/h6-15H,1-5H3;4-11H,1-3H3;3H,1-2H3;2*1H;/q;;;;;+2/p-2. The van der Waals surface area contributed by atoms with Crippen LogP contribution in [0.4, 0.5) is 0 Å². The minimum absolute atomic E-state index is 0.0843. The summed E-state index contributed by atoms with van der Waals surface area (Å²) in [7, 11) is 17.3. The molecule has 0 aliphatic heterocycles. The molecule has 0 heterocycles. The number of allylic oxidation sites excluding steroid dienone is 2. The normalized spacial score (nSPS) is 18.7. The number of fused-ring (bicyclic) bond motifs is 2. The molecule has 4 aromatic carbocycles. The molecule has 6 rings (SSSR count). The molecule has 0 fully saturated rings. The molecule has 2 atom stereocenters. The average Bonchev–Trinajstić information content (AvgIpc) is 3.58. The summed E-state index contributed by atoms with van der Waals surface area (Å²) >= 11 is -4.83. The second kappa shape index (κ2) is 11.9. The van der Waals surface area contributed by atoms with Gasteiger partial charge in [-0.15, -0.1) is 0 Å². The van der Waals surface area contributed by atoms with E-state index in [-0.39, 0.29) is 12.7 Å². The molecule has 0 spiro atoms. The quantitative estimate of drug-likeness (QED) is 0.173. The van der Waals surface area contributed by atoms with Crippen molar-refractivity contribution in [1.29, 1.82) is 0 Å². The molecule has 0 amide bonds. The zero-order valence-electron chi connectivity index (χ0n) is 29.2. The van der Waals surface area contributed by atoms with E-state index in [2.05, 4.69) is 159 Å². The van der Waals surface area contributed by atoms with Gasteiger partial charge >= 0.3 is 289 Å². The summed E-state index contributed by atoms with van der Waals surface area (Å²) in [5, 5.41) is 0. The molecule has 0 aromatic heterocycles. The average molecular weight is 744 g/mol. The van der Waals surface area contributed by atoms with Gasteiger partial charge in [-0.1, -0.05) is 0 Å². The van der Waals surface area contributed by atoms with E-state index in [0.717, 1.165) is 0 Å². The van der Waals surface area contributed by atoms with Crippen LogP contribution >= 0.6 is 17.0 Å². The Kier molecular flexibility index (Phi) is 8.76. The molecule has 2 unspecified atom stereocenters. The fraction of sp³-hybridized carbons (Fsp3) is 0.333. The van der Waals surface area contributed by atoms with Gasteiger partial charge in [-0.2, -0.15) is 0 Å². The van der Waals surface area contributed by atoms with Gasteiger partial charge in [0.05, 0.1) is 0 Å². The Balaban J connectivity index is 1.58.